The predicted molar refractivity (Wildman–Crippen MR) is 70.6 cm³/mol. The van der Waals surface area contributed by atoms with Gasteiger partial charge in [-0.3, -0.25) is 0 Å². The lowest BCUT2D eigenvalue weighted by molar-refractivity contribution is 0.629. The molecule has 17 heavy (non-hydrogen) atoms. The van der Waals surface area contributed by atoms with Crippen LogP contribution in [-0.2, 0) is 0 Å². The van der Waals surface area contributed by atoms with E-state index in [0.29, 0.717) is 27.1 Å². The van der Waals surface area contributed by atoms with Gasteiger partial charge in [0.1, 0.15) is 5.82 Å². The SMILES string of the molecule is Nc1cc(F)cc(Nc2ccc(Cl)c(Cl)c2)c1. The summed E-state index contributed by atoms with van der Waals surface area (Å²) < 4.78 is 13.1. The van der Waals surface area contributed by atoms with E-state index in [0.717, 1.165) is 0 Å². The first-order chi connectivity index (χ1) is 8.04. The van der Waals surface area contributed by atoms with Crippen LogP contribution in [0.25, 0.3) is 0 Å². The molecule has 0 saturated carbocycles. The van der Waals surface area contributed by atoms with Crippen LogP contribution >= 0.6 is 23.2 Å². The van der Waals surface area contributed by atoms with E-state index in [1.807, 2.05) is 0 Å². The Morgan fingerprint density at radius 1 is 0.941 bits per heavy atom. The largest absolute Gasteiger partial charge is 0.399 e. The maximum atomic E-state index is 13.1. The molecule has 0 aliphatic carbocycles. The summed E-state index contributed by atoms with van der Waals surface area (Å²) in [6, 6.07) is 9.29. The Balaban J connectivity index is 2.28. The van der Waals surface area contributed by atoms with Gasteiger partial charge in [-0.05, 0) is 36.4 Å². The molecular weight excluding hydrogens is 262 g/mol. The minimum absolute atomic E-state index is 0.354. The standard InChI is InChI=1S/C12H9Cl2FN2/c13-11-2-1-9(6-12(11)14)17-10-4-7(15)3-8(16)5-10/h1-6,17H,16H2. The number of nitrogens with two attached hydrogens (primary N) is 1. The molecule has 88 valence electrons. The van der Waals surface area contributed by atoms with Crippen molar-refractivity contribution in [2.75, 3.05) is 11.1 Å². The molecule has 2 nitrogen and oxygen atoms in total. The average molecular weight is 271 g/mol. The fourth-order valence-corrected chi connectivity index (χ4v) is 1.72. The van der Waals surface area contributed by atoms with E-state index in [2.05, 4.69) is 5.32 Å². The van der Waals surface area contributed by atoms with Gasteiger partial charge in [-0.2, -0.15) is 0 Å². The molecule has 0 unspecified atom stereocenters. The molecule has 0 atom stereocenters. The molecule has 0 aromatic heterocycles. The van der Waals surface area contributed by atoms with E-state index >= 15 is 0 Å². The number of rotatable bonds is 2. The van der Waals surface area contributed by atoms with E-state index in [1.165, 1.54) is 12.1 Å². The zero-order valence-electron chi connectivity index (χ0n) is 8.68. The second kappa shape index (κ2) is 4.82. The van der Waals surface area contributed by atoms with Crippen molar-refractivity contribution in [1.82, 2.24) is 0 Å². The molecule has 0 aliphatic heterocycles. The molecule has 0 amide bonds. The van der Waals surface area contributed by atoms with Gasteiger partial charge in [0.2, 0.25) is 0 Å². The van der Waals surface area contributed by atoms with E-state index < -0.39 is 5.82 Å². The Kier molecular flexibility index (Phi) is 3.41. The topological polar surface area (TPSA) is 38.0 Å². The highest BCUT2D eigenvalue weighted by atomic mass is 35.5. The van der Waals surface area contributed by atoms with Gasteiger partial charge < -0.3 is 11.1 Å². The molecule has 2 aromatic rings. The summed E-state index contributed by atoms with van der Waals surface area (Å²) in [6.07, 6.45) is 0. The minimum atomic E-state index is -0.396. The number of halogens is 3. The van der Waals surface area contributed by atoms with E-state index in [-0.39, 0.29) is 0 Å². The first-order valence-electron chi connectivity index (χ1n) is 4.83. The summed E-state index contributed by atoms with van der Waals surface area (Å²) in [5.41, 5.74) is 7.16. The van der Waals surface area contributed by atoms with Crippen molar-refractivity contribution in [3.8, 4) is 0 Å². The Morgan fingerprint density at radius 3 is 2.35 bits per heavy atom. The van der Waals surface area contributed by atoms with Gasteiger partial charge in [0.25, 0.3) is 0 Å². The third-order valence-electron chi connectivity index (χ3n) is 2.13. The highest BCUT2D eigenvalue weighted by Gasteiger charge is 2.02. The van der Waals surface area contributed by atoms with Crippen LogP contribution < -0.4 is 11.1 Å². The zero-order valence-corrected chi connectivity index (χ0v) is 10.2. The van der Waals surface area contributed by atoms with Crippen LogP contribution in [0.15, 0.2) is 36.4 Å². The maximum Gasteiger partial charge on any atom is 0.127 e. The molecule has 0 aliphatic rings. The minimum Gasteiger partial charge on any atom is -0.399 e. The van der Waals surface area contributed by atoms with Gasteiger partial charge in [0.15, 0.2) is 0 Å². The fraction of sp³-hybridized carbons (Fsp3) is 0. The van der Waals surface area contributed by atoms with Crippen LogP contribution in [0.1, 0.15) is 0 Å². The Bertz CT molecular complexity index is 538. The van der Waals surface area contributed by atoms with Gasteiger partial charge >= 0.3 is 0 Å². The van der Waals surface area contributed by atoms with Crippen molar-refractivity contribution >= 4 is 40.3 Å². The first-order valence-corrected chi connectivity index (χ1v) is 5.58. The molecule has 0 spiro atoms. The number of hydrogen-bond acceptors (Lipinski definition) is 2. The lowest BCUT2D eigenvalue weighted by atomic mass is 10.2. The number of hydrogen-bond donors (Lipinski definition) is 2. The van der Waals surface area contributed by atoms with Gasteiger partial charge in [-0.15, -0.1) is 0 Å². The van der Waals surface area contributed by atoms with Crippen molar-refractivity contribution in [3.63, 3.8) is 0 Å². The third kappa shape index (κ3) is 3.02. The predicted octanol–water partition coefficient (Wildman–Crippen LogP) is 4.46. The summed E-state index contributed by atoms with van der Waals surface area (Å²) in [4.78, 5) is 0. The second-order valence-electron chi connectivity index (χ2n) is 3.53. The lowest BCUT2D eigenvalue weighted by Gasteiger charge is -2.08. The van der Waals surface area contributed by atoms with Crippen LogP contribution in [-0.4, -0.2) is 0 Å². The van der Waals surface area contributed by atoms with Crippen molar-refractivity contribution < 1.29 is 4.39 Å². The quantitative estimate of drug-likeness (QED) is 0.791. The lowest BCUT2D eigenvalue weighted by Crippen LogP contribution is -1.94. The molecule has 0 heterocycles. The van der Waals surface area contributed by atoms with Crippen LogP contribution in [0.2, 0.25) is 10.0 Å². The van der Waals surface area contributed by atoms with Gasteiger partial charge in [0, 0.05) is 17.1 Å². The number of benzene rings is 2. The van der Waals surface area contributed by atoms with Crippen molar-refractivity contribution in [3.05, 3.63) is 52.3 Å². The summed E-state index contributed by atoms with van der Waals surface area (Å²) in [6.45, 7) is 0. The fourth-order valence-electron chi connectivity index (χ4n) is 1.43. The smallest absolute Gasteiger partial charge is 0.127 e. The second-order valence-corrected chi connectivity index (χ2v) is 4.34. The van der Waals surface area contributed by atoms with Gasteiger partial charge in [0.05, 0.1) is 10.0 Å². The summed E-state index contributed by atoms with van der Waals surface area (Å²) in [5.74, 6) is -0.396. The number of nitrogens with one attached hydrogen (secondary N) is 1. The van der Waals surface area contributed by atoms with Crippen molar-refractivity contribution in [2.24, 2.45) is 0 Å². The number of anilines is 3. The van der Waals surface area contributed by atoms with E-state index in [1.54, 1.807) is 24.3 Å². The van der Waals surface area contributed by atoms with Crippen molar-refractivity contribution in [1.29, 1.82) is 0 Å². The molecule has 0 saturated heterocycles. The maximum absolute atomic E-state index is 13.1. The molecule has 0 fully saturated rings. The monoisotopic (exact) mass is 270 g/mol. The van der Waals surface area contributed by atoms with Gasteiger partial charge in [-0.25, -0.2) is 4.39 Å². The Morgan fingerprint density at radius 2 is 1.71 bits per heavy atom. The summed E-state index contributed by atoms with van der Waals surface area (Å²) in [7, 11) is 0. The van der Waals surface area contributed by atoms with Crippen molar-refractivity contribution in [2.45, 2.75) is 0 Å². The first kappa shape index (κ1) is 12.0. The van der Waals surface area contributed by atoms with Crippen LogP contribution in [0.3, 0.4) is 0 Å². The molecular formula is C12H9Cl2FN2. The molecule has 0 radical (unpaired) electrons. The molecule has 2 aromatic carbocycles. The molecule has 0 bridgehead atoms. The normalized spacial score (nSPS) is 10.3. The van der Waals surface area contributed by atoms with E-state index in [4.69, 9.17) is 28.9 Å². The highest BCUT2D eigenvalue weighted by molar-refractivity contribution is 6.42. The highest BCUT2D eigenvalue weighted by Crippen LogP contribution is 2.27. The molecule has 3 N–H and O–H groups in total. The third-order valence-corrected chi connectivity index (χ3v) is 2.87. The molecule has 2 rings (SSSR count). The van der Waals surface area contributed by atoms with E-state index in [9.17, 15) is 4.39 Å². The number of nitrogen functional groups attached to an aromatic ring is 1. The van der Waals surface area contributed by atoms with Crippen LogP contribution in [0.4, 0.5) is 21.5 Å². The zero-order chi connectivity index (χ0) is 12.4. The Hall–Kier alpha value is -1.45. The average Bonchev–Trinajstić information content (AvgIpc) is 2.22. The van der Waals surface area contributed by atoms with Gasteiger partial charge in [-0.1, -0.05) is 23.2 Å². The van der Waals surface area contributed by atoms with Crippen LogP contribution in [0.5, 0.6) is 0 Å². The molecule has 5 heteroatoms. The summed E-state index contributed by atoms with van der Waals surface area (Å²) in [5, 5.41) is 3.89. The Labute approximate surface area is 108 Å². The van der Waals surface area contributed by atoms with Crippen LogP contribution in [0, 0.1) is 5.82 Å². The summed E-state index contributed by atoms with van der Waals surface area (Å²) >= 11 is 11.7.